The van der Waals surface area contributed by atoms with Gasteiger partial charge in [0.1, 0.15) is 0 Å². The quantitative estimate of drug-likeness (QED) is 0.573. The van der Waals surface area contributed by atoms with Gasteiger partial charge in [-0.2, -0.15) is 33.9 Å². The molecule has 12 heavy (non-hydrogen) atoms. The molecular weight excluding hydrogens is 399 g/mol. The van der Waals surface area contributed by atoms with E-state index in [4.69, 9.17) is 0 Å². The normalized spacial score (nSPS) is 9.42. The molecule has 0 aliphatic heterocycles. The molecule has 0 aromatic heterocycles. The summed E-state index contributed by atoms with van der Waals surface area (Å²) in [4.78, 5) is 0. The van der Waals surface area contributed by atoms with Crippen molar-refractivity contribution in [3.63, 3.8) is 0 Å². The Labute approximate surface area is 69.3 Å². The van der Waals surface area contributed by atoms with Gasteiger partial charge < -0.3 is 0 Å². The first-order valence-electron chi connectivity index (χ1n) is 4.00. The first-order chi connectivity index (χ1) is 5.04. The molecule has 0 fully saturated rings. The van der Waals surface area contributed by atoms with Gasteiger partial charge in [0.05, 0.1) is 0 Å². The molecule has 1 rings (SSSR count). The molecule has 0 unspecified atom stereocenters. The summed E-state index contributed by atoms with van der Waals surface area (Å²) < 4.78 is 0. The van der Waals surface area contributed by atoms with Gasteiger partial charge in [-0.1, -0.05) is 34.6 Å². The van der Waals surface area contributed by atoms with Crippen molar-refractivity contribution in [3.8, 4) is 0 Å². The maximum absolute atomic E-state index is 3.35. The first-order valence-corrected chi connectivity index (χ1v) is 4.00. The molecule has 0 aliphatic rings. The molecule has 0 N–H and O–H groups in total. The van der Waals surface area contributed by atoms with Crippen molar-refractivity contribution in [2.45, 2.75) is 34.6 Å². The third kappa shape index (κ3) is 1.29. The summed E-state index contributed by atoms with van der Waals surface area (Å²) in [7, 11) is 0. The molecule has 0 saturated carbocycles. The zero-order chi connectivity index (χ0) is 8.59. The zero-order valence-electron chi connectivity index (χ0n) is 8.71. The van der Waals surface area contributed by atoms with Gasteiger partial charge in [-0.25, -0.2) is 0 Å². The van der Waals surface area contributed by atoms with E-state index in [1.54, 1.807) is 0 Å². The van der Waals surface area contributed by atoms with Crippen LogP contribution in [0.15, 0.2) is 0 Å². The van der Waals surface area contributed by atoms with Gasteiger partial charge in [-0.3, -0.25) is 0 Å². The SMILES string of the molecule is Cc1[c-]c(C)c(C)c(C)c1C.[Rf]. The Kier molecular flexibility index (Phi) is 2.62. The summed E-state index contributed by atoms with van der Waals surface area (Å²) in [5.41, 5.74) is 6.75. The summed E-state index contributed by atoms with van der Waals surface area (Å²) >= 11 is 0. The predicted octanol–water partition coefficient (Wildman–Crippen LogP) is 3.03. The van der Waals surface area contributed by atoms with Crippen molar-refractivity contribution in [2.24, 2.45) is 0 Å². The van der Waals surface area contributed by atoms with Crippen LogP contribution in [0.1, 0.15) is 27.8 Å². The van der Waals surface area contributed by atoms with Crippen LogP contribution < -0.4 is 0 Å². The van der Waals surface area contributed by atoms with Crippen LogP contribution >= 0.6 is 0 Å². The number of rotatable bonds is 0. The van der Waals surface area contributed by atoms with Crippen molar-refractivity contribution in [1.29, 1.82) is 0 Å². The largest absolute Gasteiger partial charge is 0.177 e. The van der Waals surface area contributed by atoms with Gasteiger partial charge in [0.15, 0.2) is 0 Å². The van der Waals surface area contributed by atoms with Crippen LogP contribution in [0.4, 0.5) is 0 Å². The minimum absolute atomic E-state index is 0. The maximum atomic E-state index is 3.35. The zero-order valence-corrected chi connectivity index (χ0v) is 15.1. The average Bonchev–Trinajstić information content (AvgIpc) is 1.97. The van der Waals surface area contributed by atoms with Gasteiger partial charge in [-0.15, -0.1) is 0 Å². The van der Waals surface area contributed by atoms with E-state index in [1.807, 2.05) is 0 Å². The first kappa shape index (κ1) is 10.2. The second-order valence-electron chi connectivity index (χ2n) is 3.25. The standard InChI is InChI=1S/C11H15.Rf/c1-7-6-8(2)10(4)11(5)9(7)3;/h1-5H3;/q-1;. The van der Waals surface area contributed by atoms with Crippen molar-refractivity contribution >= 4 is 0 Å². The molecule has 1 heteroatoms. The fourth-order valence-electron chi connectivity index (χ4n) is 1.31. The topological polar surface area (TPSA) is 0 Å². The number of benzene rings is 1. The van der Waals surface area contributed by atoms with Crippen molar-refractivity contribution in [3.05, 3.63) is 33.9 Å². The summed E-state index contributed by atoms with van der Waals surface area (Å²) in [6, 6.07) is 3.35. The van der Waals surface area contributed by atoms with Gasteiger partial charge in [-0.05, 0) is 0 Å². The molecule has 1 aromatic carbocycles. The van der Waals surface area contributed by atoms with Gasteiger partial charge in [0.2, 0.25) is 0 Å². The van der Waals surface area contributed by atoms with Gasteiger partial charge >= 0.3 is 0 Å². The second-order valence-corrected chi connectivity index (χ2v) is 3.25. The molecule has 0 spiro atoms. The van der Waals surface area contributed by atoms with E-state index in [0.29, 0.717) is 0 Å². The van der Waals surface area contributed by atoms with Crippen LogP contribution in [0.25, 0.3) is 0 Å². The van der Waals surface area contributed by atoms with E-state index >= 15 is 0 Å². The molecule has 0 bridgehead atoms. The Morgan fingerprint density at radius 3 is 1.33 bits per heavy atom. The minimum Gasteiger partial charge on any atom is -0.177 e. The van der Waals surface area contributed by atoms with Gasteiger partial charge in [0.25, 0.3) is 0 Å². The average molecular weight is 414 g/mol. The summed E-state index contributed by atoms with van der Waals surface area (Å²) in [6.07, 6.45) is 0. The molecule has 0 nitrogen and oxygen atoms in total. The van der Waals surface area contributed by atoms with E-state index in [2.05, 4.69) is 40.7 Å². The second kappa shape index (κ2) is 3.08. The van der Waals surface area contributed by atoms with Crippen LogP contribution in [0.2, 0.25) is 0 Å². The number of hydrogen-bond acceptors (Lipinski definition) is 0. The van der Waals surface area contributed by atoms with Crippen LogP contribution in [-0.4, -0.2) is 0 Å². The van der Waals surface area contributed by atoms with E-state index in [0.717, 1.165) is 0 Å². The van der Waals surface area contributed by atoms with Crippen LogP contribution in [0.3, 0.4) is 0 Å². The molecule has 0 saturated heterocycles. The number of aryl methyl sites for hydroxylation is 2. The number of hydrogen-bond donors (Lipinski definition) is 0. The minimum atomic E-state index is 0. The van der Waals surface area contributed by atoms with E-state index in [-0.39, 0.29) is 0 Å². The molecule has 0 radical (unpaired) electrons. The summed E-state index contributed by atoms with van der Waals surface area (Å²) in [5.74, 6) is 0. The van der Waals surface area contributed by atoms with E-state index in [1.165, 1.54) is 27.8 Å². The van der Waals surface area contributed by atoms with Crippen LogP contribution in [0.5, 0.6) is 0 Å². The molecule has 0 heterocycles. The van der Waals surface area contributed by atoms with Crippen LogP contribution in [0, 0.1) is 40.7 Å². The van der Waals surface area contributed by atoms with Crippen molar-refractivity contribution < 1.29 is 0 Å². The predicted molar refractivity (Wildman–Crippen MR) is 49.0 cm³/mol. The maximum Gasteiger partial charge on any atom is 0 e. The molecule has 0 aliphatic carbocycles. The smallest absolute Gasteiger partial charge is 0 e. The third-order valence-electron chi connectivity index (χ3n) is 2.62. The Bertz CT molecular complexity index is 261. The summed E-state index contributed by atoms with van der Waals surface area (Å²) in [5, 5.41) is 0. The molecule has 0 amide bonds. The Hall–Kier alpha value is -1.78. The molecular formula is C11H15Rf-. The molecule has 62 valence electrons. The summed E-state index contributed by atoms with van der Waals surface area (Å²) in [6.45, 7) is 10.7. The van der Waals surface area contributed by atoms with Crippen molar-refractivity contribution in [1.82, 2.24) is 0 Å². The molecule has 1 aromatic rings. The Morgan fingerprint density at radius 1 is 0.667 bits per heavy atom. The van der Waals surface area contributed by atoms with E-state index < -0.39 is 0 Å². The molecule has 0 atom stereocenters. The van der Waals surface area contributed by atoms with E-state index in [9.17, 15) is 0 Å². The monoisotopic (exact) mass is 414 g/mol. The fraction of sp³-hybridized carbons (Fsp3) is 0.455. The van der Waals surface area contributed by atoms with Crippen LogP contribution in [-0.2, 0) is 0 Å². The Morgan fingerprint density at radius 2 is 1.00 bits per heavy atom. The fourth-order valence-corrected chi connectivity index (χ4v) is 1.31. The van der Waals surface area contributed by atoms with Gasteiger partial charge in [0, 0.05) is 0 Å². The third-order valence-corrected chi connectivity index (χ3v) is 2.62. The Balaban J connectivity index is 0.00000121. The van der Waals surface area contributed by atoms with Crippen molar-refractivity contribution in [2.75, 3.05) is 0 Å².